The number of imidazole rings is 1. The number of hydrogen-bond acceptors (Lipinski definition) is 6. The second-order valence-corrected chi connectivity index (χ2v) is 10.3. The van der Waals surface area contributed by atoms with Gasteiger partial charge in [-0.2, -0.15) is 0 Å². The Labute approximate surface area is 190 Å². The summed E-state index contributed by atoms with van der Waals surface area (Å²) < 4.78 is 11.3. The van der Waals surface area contributed by atoms with Gasteiger partial charge in [-0.05, 0) is 37.5 Å². The molecule has 182 valence electrons. The number of amides is 2. The van der Waals surface area contributed by atoms with E-state index in [0.717, 1.165) is 19.3 Å². The predicted molar refractivity (Wildman–Crippen MR) is 122 cm³/mol. The van der Waals surface area contributed by atoms with E-state index >= 15 is 0 Å². The second kappa shape index (κ2) is 12.5. The van der Waals surface area contributed by atoms with Crippen molar-refractivity contribution in [2.24, 2.45) is 23.5 Å². The maximum Gasteiger partial charge on any atom is 0.239 e. The summed E-state index contributed by atoms with van der Waals surface area (Å²) in [6.45, 7) is 3.58. The molecule has 0 aromatic carbocycles. The fourth-order valence-corrected chi connectivity index (χ4v) is 5.17. The average Bonchev–Trinajstić information content (AvgIpc) is 3.24. The van der Waals surface area contributed by atoms with Crippen LogP contribution in [0.4, 0.5) is 0 Å². The lowest BCUT2D eigenvalue weighted by Crippen LogP contribution is -2.60. The number of aliphatic hydroxyl groups is 1. The van der Waals surface area contributed by atoms with Crippen molar-refractivity contribution in [3.8, 4) is 0 Å². The number of carbonyl (C=O) groups is 2. The molecule has 1 aromatic rings. The van der Waals surface area contributed by atoms with Crippen LogP contribution < -0.4 is 16.4 Å². The molecule has 1 heterocycles. The second-order valence-electron chi connectivity index (χ2n) is 9.12. The molecule has 7 N–H and O–H groups in total. The molecule has 2 amide bonds. The van der Waals surface area contributed by atoms with Crippen molar-refractivity contribution in [1.29, 1.82) is 0 Å². The van der Waals surface area contributed by atoms with Gasteiger partial charge < -0.3 is 31.4 Å². The molecule has 0 spiro atoms. The molecule has 1 fully saturated rings. The zero-order valence-corrected chi connectivity index (χ0v) is 20.0. The SMILES string of the molecule is CCC(C)C(=O)NC[C@@](O)(CC1CCCC(C[PH](=O)O)C1)NC(=O)[C@@H](N)Cc1c[nH]cn1. The number of nitrogens with zero attached hydrogens (tertiary/aromatic N) is 1. The Morgan fingerprint density at radius 2 is 2.09 bits per heavy atom. The number of carbonyl (C=O) groups excluding carboxylic acids is 2. The summed E-state index contributed by atoms with van der Waals surface area (Å²) >= 11 is 0. The van der Waals surface area contributed by atoms with Gasteiger partial charge in [0.25, 0.3) is 0 Å². The topological polar surface area (TPSA) is 170 Å². The maximum absolute atomic E-state index is 12.8. The van der Waals surface area contributed by atoms with Crippen LogP contribution >= 0.6 is 8.03 Å². The first kappa shape index (κ1) is 26.5. The molecule has 0 aliphatic heterocycles. The van der Waals surface area contributed by atoms with Crippen LogP contribution in [-0.2, 0) is 20.6 Å². The molecule has 0 radical (unpaired) electrons. The zero-order chi connectivity index (χ0) is 23.7. The van der Waals surface area contributed by atoms with E-state index in [0.29, 0.717) is 18.5 Å². The van der Waals surface area contributed by atoms with Crippen molar-refractivity contribution in [3.63, 3.8) is 0 Å². The number of nitrogens with one attached hydrogen (secondary N) is 3. The fourth-order valence-electron chi connectivity index (χ4n) is 4.30. The number of hydrogen-bond donors (Lipinski definition) is 6. The molecule has 1 aliphatic carbocycles. The van der Waals surface area contributed by atoms with Gasteiger partial charge in [0, 0.05) is 24.7 Å². The number of aromatic amines is 1. The van der Waals surface area contributed by atoms with Crippen LogP contribution in [0.25, 0.3) is 0 Å². The quantitative estimate of drug-likeness (QED) is 0.194. The molecule has 0 bridgehead atoms. The van der Waals surface area contributed by atoms with Gasteiger partial charge in [-0.1, -0.05) is 26.7 Å². The van der Waals surface area contributed by atoms with Crippen molar-refractivity contribution in [2.45, 2.75) is 70.6 Å². The lowest BCUT2D eigenvalue weighted by atomic mass is 9.78. The van der Waals surface area contributed by atoms with Crippen LogP contribution in [0, 0.1) is 17.8 Å². The van der Waals surface area contributed by atoms with Gasteiger partial charge in [-0.25, -0.2) is 4.98 Å². The summed E-state index contributed by atoms with van der Waals surface area (Å²) in [6, 6.07) is -0.908. The van der Waals surface area contributed by atoms with Crippen LogP contribution in [-0.4, -0.2) is 56.3 Å². The summed E-state index contributed by atoms with van der Waals surface area (Å²) in [5.74, 6) is -0.745. The third-order valence-corrected chi connectivity index (χ3v) is 7.20. The van der Waals surface area contributed by atoms with E-state index in [1.165, 1.54) is 6.33 Å². The predicted octanol–water partition coefficient (Wildman–Crippen LogP) is 0.910. The molecule has 1 aromatic heterocycles. The minimum absolute atomic E-state index is 0.0588. The minimum atomic E-state index is -2.55. The molecule has 32 heavy (non-hydrogen) atoms. The van der Waals surface area contributed by atoms with E-state index in [1.54, 1.807) is 13.1 Å². The zero-order valence-electron chi connectivity index (χ0n) is 19.0. The summed E-state index contributed by atoms with van der Waals surface area (Å²) in [5.41, 5.74) is 5.00. The highest BCUT2D eigenvalue weighted by Crippen LogP contribution is 2.37. The molecule has 1 aliphatic rings. The number of aromatic nitrogens is 2. The number of nitrogens with two attached hydrogens (primary N) is 1. The Bertz CT molecular complexity index is 762. The van der Waals surface area contributed by atoms with Gasteiger partial charge in [-0.3, -0.25) is 14.2 Å². The maximum atomic E-state index is 12.8. The lowest BCUT2D eigenvalue weighted by Gasteiger charge is -2.37. The Balaban J connectivity index is 2.06. The summed E-state index contributed by atoms with van der Waals surface area (Å²) in [5, 5.41) is 16.8. The van der Waals surface area contributed by atoms with Crippen LogP contribution in [0.5, 0.6) is 0 Å². The molecule has 10 nitrogen and oxygen atoms in total. The molecule has 2 rings (SSSR count). The Kier molecular flexibility index (Phi) is 10.3. The lowest BCUT2D eigenvalue weighted by molar-refractivity contribution is -0.134. The number of rotatable bonds is 12. The van der Waals surface area contributed by atoms with Gasteiger partial charge in [0.05, 0.1) is 24.6 Å². The summed E-state index contributed by atoms with van der Waals surface area (Å²) in [6.07, 6.45) is 7.87. The first-order chi connectivity index (χ1) is 15.1. The van der Waals surface area contributed by atoms with Crippen molar-refractivity contribution in [3.05, 3.63) is 18.2 Å². The standard InChI is InChI=1S/C21H38N5O5P/c1-3-14(2)19(27)24-12-21(29,9-15-5-4-6-16(7-15)11-32(30)31)26-20(28)18(22)8-17-10-23-13-25-17/h10,13-16,18,29,32H,3-9,11-12,22H2,1-2H3,(H,23,25)(H,24,27)(H,26,28)(H,30,31)/t14?,15?,16?,18-,21-/m0/s1. The van der Waals surface area contributed by atoms with Gasteiger partial charge in [-0.15, -0.1) is 0 Å². The summed E-state index contributed by atoms with van der Waals surface area (Å²) in [4.78, 5) is 41.2. The van der Waals surface area contributed by atoms with E-state index in [-0.39, 0.29) is 49.2 Å². The fraction of sp³-hybridized carbons (Fsp3) is 0.762. The van der Waals surface area contributed by atoms with Crippen molar-refractivity contribution in [2.75, 3.05) is 12.7 Å². The Morgan fingerprint density at radius 3 is 2.72 bits per heavy atom. The highest BCUT2D eigenvalue weighted by molar-refractivity contribution is 7.38. The van der Waals surface area contributed by atoms with Crippen molar-refractivity contribution >= 4 is 19.8 Å². The van der Waals surface area contributed by atoms with Crippen LogP contribution in [0.15, 0.2) is 12.5 Å². The minimum Gasteiger partial charge on any atom is -0.369 e. The van der Waals surface area contributed by atoms with Gasteiger partial charge >= 0.3 is 0 Å². The van der Waals surface area contributed by atoms with Crippen molar-refractivity contribution < 1.29 is 24.2 Å². The molecule has 6 atom stereocenters. The van der Waals surface area contributed by atoms with E-state index < -0.39 is 25.7 Å². The van der Waals surface area contributed by atoms with E-state index in [1.807, 2.05) is 6.92 Å². The van der Waals surface area contributed by atoms with Crippen LogP contribution in [0.3, 0.4) is 0 Å². The van der Waals surface area contributed by atoms with E-state index in [4.69, 9.17) is 5.73 Å². The van der Waals surface area contributed by atoms with Gasteiger partial charge in [0.15, 0.2) is 13.8 Å². The first-order valence-corrected chi connectivity index (χ1v) is 12.9. The third kappa shape index (κ3) is 8.65. The van der Waals surface area contributed by atoms with Gasteiger partial charge in [0.1, 0.15) is 0 Å². The highest BCUT2D eigenvalue weighted by Gasteiger charge is 2.36. The number of H-pyrrole nitrogens is 1. The average molecular weight is 472 g/mol. The highest BCUT2D eigenvalue weighted by atomic mass is 31.1. The van der Waals surface area contributed by atoms with E-state index in [9.17, 15) is 24.2 Å². The molecule has 11 heteroatoms. The molecule has 4 unspecified atom stereocenters. The summed E-state index contributed by atoms with van der Waals surface area (Å²) in [7, 11) is -2.55. The molecule has 1 saturated carbocycles. The largest absolute Gasteiger partial charge is 0.369 e. The smallest absolute Gasteiger partial charge is 0.239 e. The van der Waals surface area contributed by atoms with Crippen LogP contribution in [0.2, 0.25) is 0 Å². The Morgan fingerprint density at radius 1 is 1.38 bits per heavy atom. The normalized spacial score (nSPS) is 23.5. The molecular weight excluding hydrogens is 433 g/mol. The van der Waals surface area contributed by atoms with E-state index in [2.05, 4.69) is 20.6 Å². The van der Waals surface area contributed by atoms with Gasteiger partial charge in [0.2, 0.25) is 11.8 Å². The Hall–Kier alpha value is -1.74. The van der Waals surface area contributed by atoms with Crippen molar-refractivity contribution in [1.82, 2.24) is 20.6 Å². The molecule has 0 saturated heterocycles. The monoisotopic (exact) mass is 471 g/mol. The first-order valence-electron chi connectivity index (χ1n) is 11.4. The van der Waals surface area contributed by atoms with Crippen LogP contribution in [0.1, 0.15) is 58.1 Å². The molecular formula is C21H38N5O5P. The third-order valence-electron chi connectivity index (χ3n) is 6.27.